The number of phenols is 2. The number of Topliss-reactive ketones (excluding diaryl/α,β-unsaturated/α-hetero) is 1. The van der Waals surface area contributed by atoms with E-state index in [1.807, 2.05) is 18.2 Å². The topological polar surface area (TPSA) is 359 Å². The number of fused-ring (bicyclic) bond motifs is 1. The van der Waals surface area contributed by atoms with Crippen LogP contribution in [0.2, 0.25) is 0 Å². The number of carbonyl (C=O) groups excluding carboxylic acids is 8. The summed E-state index contributed by atoms with van der Waals surface area (Å²) in [5.74, 6) is -6.14. The number of unbranched alkanes of at least 4 members (excludes halogenated alkanes) is 1. The van der Waals surface area contributed by atoms with Crippen molar-refractivity contribution < 1.29 is 58.4 Å². The highest BCUT2D eigenvalue weighted by atomic mass is 32.1. The molecule has 0 aliphatic rings. The normalized spacial score (nSPS) is 14.2. The molecule has 24 heteroatoms. The maximum absolute atomic E-state index is 14.6. The van der Waals surface area contributed by atoms with E-state index in [1.54, 1.807) is 24.4 Å². The maximum atomic E-state index is 14.6. The van der Waals surface area contributed by atoms with Crippen LogP contribution >= 0.6 is 25.3 Å². The molecule has 0 bridgehead atoms. The first-order valence-electron chi connectivity index (χ1n) is 24.5. The first-order valence-corrected chi connectivity index (χ1v) is 25.7. The molecule has 0 spiro atoms. The van der Waals surface area contributed by atoms with Gasteiger partial charge in [0.1, 0.15) is 47.5 Å². The molecule has 0 radical (unpaired) electrons. The predicted octanol–water partition coefficient (Wildman–Crippen LogP) is 1.07. The highest BCUT2D eigenvalue weighted by molar-refractivity contribution is 7.80. The van der Waals surface area contributed by atoms with Crippen molar-refractivity contribution in [3.63, 3.8) is 0 Å². The Morgan fingerprint density at radius 2 is 1.22 bits per heavy atom. The number of ketones is 1. The number of aromatic amines is 1. The summed E-state index contributed by atoms with van der Waals surface area (Å²) in [5, 5.41) is 47.2. The number of hydrogen-bond acceptors (Lipinski definition) is 17. The molecule has 5 rings (SSSR count). The van der Waals surface area contributed by atoms with E-state index in [1.165, 1.54) is 74.7 Å². The fraction of sp³-hybridized carbons (Fsp3) is 0.358. The fourth-order valence-corrected chi connectivity index (χ4v) is 8.54. The smallest absolute Gasteiger partial charge is 0.245 e. The largest absolute Gasteiger partial charge is 0.508 e. The molecular weight excluding hydrogens is 1030 g/mol. The third kappa shape index (κ3) is 17.4. The van der Waals surface area contributed by atoms with E-state index in [4.69, 9.17) is 16.2 Å². The van der Waals surface area contributed by atoms with Crippen LogP contribution in [0.15, 0.2) is 102 Å². The van der Waals surface area contributed by atoms with Gasteiger partial charge in [0.15, 0.2) is 5.78 Å². The van der Waals surface area contributed by atoms with Crippen LogP contribution in [-0.4, -0.2) is 141 Å². The molecule has 410 valence electrons. The molecular formula is C53H64N10O12S2. The zero-order valence-corrected chi connectivity index (χ0v) is 44.0. The van der Waals surface area contributed by atoms with Gasteiger partial charge in [0.05, 0.1) is 36.5 Å². The number of aliphatic hydroxyl groups is 1. The number of ether oxygens (including phenoxy) is 1. The molecule has 0 aliphatic carbocycles. The molecule has 14 N–H and O–H groups in total. The van der Waals surface area contributed by atoms with E-state index in [0.717, 1.165) is 10.9 Å². The standard InChI is InChI=1S/C53H64N10O12S2/c1-29(65)46(53(74)62-45(27-77)52(73)59-42(21-30-10-14-33(66)15-11-30)47(68)37-24-35(75-2)18-19-40(37)57-28-64)63-49(70)41(9-5-6-20-54)58-51(72)44(23-32-25-56-39-8-4-3-7-36(32)39)61-50(71)43(60-48(69)38(55)26-76)22-31-12-16-34(67)17-13-31/h3-4,7-8,10-19,24-25,29,38,41-46,56,65-67,76-77H,5-6,9,20-23,26-27,54-55H2,1-2H3,(H,58,72)(H,59,73)(H,60,69)(H,61,71)(H,62,74)(H,63,70)/t29-,38+,41+,42-,43+,44-,45+,46+/m1/s1. The summed E-state index contributed by atoms with van der Waals surface area (Å²) in [7, 11) is 1.36. The van der Waals surface area contributed by atoms with Gasteiger partial charge >= 0.3 is 0 Å². The fourth-order valence-electron chi connectivity index (χ4n) is 8.11. The van der Waals surface area contributed by atoms with Gasteiger partial charge in [-0.2, -0.15) is 30.2 Å². The van der Waals surface area contributed by atoms with Crippen LogP contribution in [-0.2, 0) is 52.8 Å². The minimum absolute atomic E-state index is 0.0247. The van der Waals surface area contributed by atoms with Crippen LogP contribution in [0.3, 0.4) is 0 Å². The van der Waals surface area contributed by atoms with Crippen LogP contribution in [0.25, 0.3) is 10.9 Å². The van der Waals surface area contributed by atoms with Gasteiger partial charge < -0.3 is 68.4 Å². The van der Waals surface area contributed by atoms with Crippen LogP contribution in [0.5, 0.6) is 17.2 Å². The van der Waals surface area contributed by atoms with Gasteiger partial charge in [0, 0.05) is 47.9 Å². The lowest BCUT2D eigenvalue weighted by atomic mass is 9.95. The number of aliphatic imine (C=N–C) groups is 1. The number of benzene rings is 4. The lowest BCUT2D eigenvalue weighted by Gasteiger charge is -2.28. The quantitative estimate of drug-likeness (QED) is 0.0105. The number of aromatic hydroxyl groups is 2. The summed E-state index contributed by atoms with van der Waals surface area (Å²) < 4.78 is 5.28. The Kier molecular flexibility index (Phi) is 23.1. The lowest BCUT2D eigenvalue weighted by molar-refractivity contribution is -0.136. The number of rotatable bonds is 29. The molecule has 77 heavy (non-hydrogen) atoms. The zero-order valence-electron chi connectivity index (χ0n) is 42.2. The third-order valence-corrected chi connectivity index (χ3v) is 13.1. The van der Waals surface area contributed by atoms with Gasteiger partial charge in [0.2, 0.25) is 41.5 Å². The number of hydrogen-bond donors (Lipinski definition) is 14. The van der Waals surface area contributed by atoms with Gasteiger partial charge in [-0.1, -0.05) is 42.5 Å². The first kappa shape index (κ1) is 60.1. The minimum atomic E-state index is -1.74. The molecule has 0 saturated heterocycles. The van der Waals surface area contributed by atoms with Crippen LogP contribution < -0.4 is 48.1 Å². The number of H-pyrrole nitrogens is 1. The summed E-state index contributed by atoms with van der Waals surface area (Å²) >= 11 is 8.40. The van der Waals surface area contributed by atoms with Crippen molar-refractivity contribution in [3.8, 4) is 17.2 Å². The molecule has 22 nitrogen and oxygen atoms in total. The first-order chi connectivity index (χ1) is 36.9. The molecule has 0 unspecified atom stereocenters. The van der Waals surface area contributed by atoms with Crippen LogP contribution in [0.1, 0.15) is 53.2 Å². The highest BCUT2D eigenvalue weighted by Gasteiger charge is 2.36. The van der Waals surface area contributed by atoms with Crippen molar-refractivity contribution in [2.75, 3.05) is 25.2 Å². The lowest BCUT2D eigenvalue weighted by Crippen LogP contribution is -2.62. The Labute approximate surface area is 454 Å². The number of phenolic OH excluding ortho intramolecular Hbond substituents is 2. The second-order valence-corrected chi connectivity index (χ2v) is 18.8. The predicted molar refractivity (Wildman–Crippen MR) is 293 cm³/mol. The van der Waals surface area contributed by atoms with E-state index in [0.29, 0.717) is 29.5 Å². The Bertz CT molecular complexity index is 2900. The molecule has 5 aromatic rings. The molecule has 0 saturated carbocycles. The highest BCUT2D eigenvalue weighted by Crippen LogP contribution is 2.27. The number of nitrogens with two attached hydrogens (primary N) is 2. The Morgan fingerprint density at radius 3 is 1.81 bits per heavy atom. The number of nitrogens with one attached hydrogen (secondary N) is 7. The van der Waals surface area contributed by atoms with E-state index < -0.39 is 89.6 Å². The summed E-state index contributed by atoms with van der Waals surface area (Å²) in [5.41, 5.74) is 14.0. The van der Waals surface area contributed by atoms with Gasteiger partial charge in [0.25, 0.3) is 0 Å². The number of para-hydroxylation sites is 1. The summed E-state index contributed by atoms with van der Waals surface area (Å²) in [6.07, 6.45) is 1.84. The number of aromatic nitrogens is 1. The number of nitrogens with zero attached hydrogens (tertiary/aromatic N) is 1. The third-order valence-electron chi connectivity index (χ3n) is 12.4. The number of isocyanates is 1. The summed E-state index contributed by atoms with van der Waals surface area (Å²) in [4.78, 5) is 117. The number of carbonyl (C=O) groups is 7. The SMILES string of the molecule is COc1ccc(N=C=O)c(C(=O)[C@@H](Cc2ccc(O)cc2)NC(=O)[C@H](CS)NC(=O)[C@@H](NC(=O)[C@H](CCCCN)NC(=O)[C@@H](Cc2c[nH]c3ccccc23)NC(=O)[C@H](Cc2ccc(O)cc2)NC(=O)[C@@H](N)CS)[C@@H](C)O)c1. The van der Waals surface area contributed by atoms with E-state index in [9.17, 15) is 53.7 Å². The Morgan fingerprint density at radius 1 is 0.675 bits per heavy atom. The van der Waals surface area contributed by atoms with Crippen molar-refractivity contribution in [3.05, 3.63) is 119 Å². The van der Waals surface area contributed by atoms with Gasteiger partial charge in [-0.3, -0.25) is 33.6 Å². The average Bonchev–Trinajstić information content (AvgIpc) is 3.84. The average molecular weight is 1100 g/mol. The van der Waals surface area contributed by atoms with Crippen molar-refractivity contribution in [2.24, 2.45) is 16.5 Å². The van der Waals surface area contributed by atoms with E-state index in [-0.39, 0.29) is 72.2 Å². The monoisotopic (exact) mass is 1100 g/mol. The molecule has 0 aliphatic heterocycles. The molecule has 1 aromatic heterocycles. The second kappa shape index (κ2) is 29.5. The minimum Gasteiger partial charge on any atom is -0.508 e. The van der Waals surface area contributed by atoms with Crippen molar-refractivity contribution in [1.29, 1.82) is 0 Å². The Hall–Kier alpha value is -7.73. The van der Waals surface area contributed by atoms with Crippen LogP contribution in [0, 0.1) is 0 Å². The van der Waals surface area contributed by atoms with Crippen molar-refractivity contribution in [2.45, 2.75) is 93.8 Å². The summed E-state index contributed by atoms with van der Waals surface area (Å²) in [6.45, 7) is 1.44. The zero-order chi connectivity index (χ0) is 56.2. The van der Waals surface area contributed by atoms with Gasteiger partial charge in [-0.25, -0.2) is 4.79 Å². The van der Waals surface area contributed by atoms with Crippen molar-refractivity contribution >= 4 is 89.2 Å². The second-order valence-electron chi connectivity index (χ2n) is 18.0. The van der Waals surface area contributed by atoms with Gasteiger partial charge in [-0.05, 0) is 98.0 Å². The number of aliphatic hydroxyl groups excluding tert-OH is 1. The van der Waals surface area contributed by atoms with E-state index in [2.05, 4.69) is 67.1 Å². The molecule has 1 heterocycles. The van der Waals surface area contributed by atoms with Gasteiger partial charge in [-0.15, -0.1) is 0 Å². The molecule has 4 aromatic carbocycles. The number of thiol groups is 2. The molecule has 8 atom stereocenters. The number of methoxy groups -OCH3 is 1. The maximum Gasteiger partial charge on any atom is 0.245 e. The Balaban J connectivity index is 1.39. The van der Waals surface area contributed by atoms with Crippen molar-refractivity contribution in [1.82, 2.24) is 36.9 Å². The molecule has 0 fully saturated rings. The number of amides is 6. The summed E-state index contributed by atoms with van der Waals surface area (Å²) in [6, 6.07) is 13.4. The van der Waals surface area contributed by atoms with E-state index >= 15 is 0 Å². The van der Waals surface area contributed by atoms with Crippen LogP contribution in [0.4, 0.5) is 5.69 Å². The molecule has 6 amide bonds.